The highest BCUT2D eigenvalue weighted by Gasteiger charge is 2.37. The monoisotopic (exact) mass is 224 g/mol. The Morgan fingerprint density at radius 2 is 2.44 bits per heavy atom. The quantitative estimate of drug-likeness (QED) is 0.853. The van der Waals surface area contributed by atoms with Crippen LogP contribution in [0.2, 0.25) is 0 Å². The van der Waals surface area contributed by atoms with E-state index in [0.29, 0.717) is 0 Å². The Labute approximate surface area is 96.2 Å². The molecule has 1 aromatic heterocycles. The van der Waals surface area contributed by atoms with Crippen molar-refractivity contribution in [1.82, 2.24) is 9.78 Å². The molecule has 2 rings (SSSR count). The van der Waals surface area contributed by atoms with Crippen molar-refractivity contribution in [3.63, 3.8) is 0 Å². The summed E-state index contributed by atoms with van der Waals surface area (Å²) in [6, 6.07) is 0. The van der Waals surface area contributed by atoms with Crippen LogP contribution in [0.25, 0.3) is 0 Å². The molecule has 1 N–H and O–H groups in total. The largest absolute Gasteiger partial charge is 0.385 e. The summed E-state index contributed by atoms with van der Waals surface area (Å²) in [6.45, 7) is 5.59. The average Bonchev–Trinajstić information content (AvgIpc) is 2.77. The Balaban J connectivity index is 2.13. The molecule has 2 atom stereocenters. The predicted octanol–water partition coefficient (Wildman–Crippen LogP) is 1.90. The first-order valence-electron chi connectivity index (χ1n) is 6.00. The summed E-state index contributed by atoms with van der Waals surface area (Å²) in [6.07, 6.45) is 6.18. The molecule has 90 valence electrons. The second-order valence-corrected chi connectivity index (χ2v) is 4.65. The molecule has 0 amide bonds. The van der Waals surface area contributed by atoms with Crippen LogP contribution in [0.1, 0.15) is 44.8 Å². The lowest BCUT2D eigenvalue weighted by atomic mass is 9.87. The van der Waals surface area contributed by atoms with Crippen LogP contribution in [0.5, 0.6) is 0 Å². The maximum absolute atomic E-state index is 10.3. The number of aromatic nitrogens is 2. The molecular formula is C12H20N2O2. The average molecular weight is 224 g/mol. The van der Waals surface area contributed by atoms with Crippen LogP contribution in [0.3, 0.4) is 0 Å². The van der Waals surface area contributed by atoms with Gasteiger partial charge >= 0.3 is 0 Å². The Morgan fingerprint density at radius 1 is 1.62 bits per heavy atom. The van der Waals surface area contributed by atoms with Crippen LogP contribution < -0.4 is 0 Å². The minimum absolute atomic E-state index is 0.445. The molecule has 0 aliphatic carbocycles. The lowest BCUT2D eigenvalue weighted by Gasteiger charge is -2.37. The first kappa shape index (κ1) is 11.6. The summed E-state index contributed by atoms with van der Waals surface area (Å²) >= 11 is 0. The molecule has 0 spiro atoms. The molecule has 4 heteroatoms. The van der Waals surface area contributed by atoms with Gasteiger partial charge in [-0.2, -0.15) is 5.10 Å². The van der Waals surface area contributed by atoms with Gasteiger partial charge < -0.3 is 9.84 Å². The van der Waals surface area contributed by atoms with Crippen molar-refractivity contribution in [1.29, 1.82) is 0 Å². The first-order chi connectivity index (χ1) is 7.65. The van der Waals surface area contributed by atoms with E-state index in [4.69, 9.17) is 4.74 Å². The normalized spacial score (nSPS) is 27.9. The van der Waals surface area contributed by atoms with E-state index in [1.807, 2.05) is 24.7 Å². The van der Waals surface area contributed by atoms with Gasteiger partial charge in [0.2, 0.25) is 0 Å². The van der Waals surface area contributed by atoms with Crippen LogP contribution in [0.4, 0.5) is 0 Å². The smallest absolute Gasteiger partial charge is 0.111 e. The number of rotatable bonds is 3. The summed E-state index contributed by atoms with van der Waals surface area (Å²) in [5.74, 6) is 0. The fourth-order valence-electron chi connectivity index (χ4n) is 2.22. The van der Waals surface area contributed by atoms with E-state index in [9.17, 15) is 5.11 Å². The molecule has 0 aromatic carbocycles. The third kappa shape index (κ3) is 2.13. The Kier molecular flexibility index (Phi) is 3.30. The van der Waals surface area contributed by atoms with Gasteiger partial charge in [-0.15, -0.1) is 0 Å². The van der Waals surface area contributed by atoms with Crippen molar-refractivity contribution >= 4 is 0 Å². The summed E-state index contributed by atoms with van der Waals surface area (Å²) in [4.78, 5) is 0. The summed E-state index contributed by atoms with van der Waals surface area (Å²) in [5.41, 5.74) is 0.408. The Bertz CT molecular complexity index is 343. The van der Waals surface area contributed by atoms with E-state index in [1.165, 1.54) is 0 Å². The van der Waals surface area contributed by atoms with Gasteiger partial charge in [0, 0.05) is 24.9 Å². The third-order valence-corrected chi connectivity index (χ3v) is 3.37. The van der Waals surface area contributed by atoms with Crippen LogP contribution in [-0.4, -0.2) is 27.1 Å². The predicted molar refractivity (Wildman–Crippen MR) is 61.1 cm³/mol. The maximum Gasteiger partial charge on any atom is 0.111 e. The standard InChI is InChI=1S/C12H20N2O2/c1-3-14-9-10(8-13-14)11(15)12(2)6-4-5-7-16-12/h8-9,11,15H,3-7H2,1-2H3. The minimum atomic E-state index is -0.576. The summed E-state index contributed by atoms with van der Waals surface area (Å²) < 4.78 is 7.56. The number of aliphatic hydroxyl groups excluding tert-OH is 1. The van der Waals surface area contributed by atoms with Gasteiger partial charge in [0.25, 0.3) is 0 Å². The second-order valence-electron chi connectivity index (χ2n) is 4.65. The van der Waals surface area contributed by atoms with E-state index in [-0.39, 0.29) is 0 Å². The second kappa shape index (κ2) is 4.55. The van der Waals surface area contributed by atoms with E-state index in [2.05, 4.69) is 5.10 Å². The SMILES string of the molecule is CCn1cc(C(O)C2(C)CCCCO2)cn1. The Hall–Kier alpha value is -0.870. The number of aliphatic hydroxyl groups is 1. The molecule has 0 radical (unpaired) electrons. The van der Waals surface area contributed by atoms with Gasteiger partial charge in [0.15, 0.2) is 0 Å². The van der Waals surface area contributed by atoms with Crippen molar-refractivity contribution in [2.24, 2.45) is 0 Å². The molecule has 2 heterocycles. The topological polar surface area (TPSA) is 47.3 Å². The van der Waals surface area contributed by atoms with Crippen molar-refractivity contribution in [2.45, 2.75) is 51.4 Å². The van der Waals surface area contributed by atoms with Gasteiger partial charge in [0.1, 0.15) is 6.10 Å². The van der Waals surface area contributed by atoms with Crippen molar-refractivity contribution < 1.29 is 9.84 Å². The fraction of sp³-hybridized carbons (Fsp3) is 0.750. The van der Waals surface area contributed by atoms with Crippen molar-refractivity contribution in [3.8, 4) is 0 Å². The molecule has 1 fully saturated rings. The van der Waals surface area contributed by atoms with Crippen LogP contribution in [0, 0.1) is 0 Å². The van der Waals surface area contributed by atoms with E-state index >= 15 is 0 Å². The zero-order valence-corrected chi connectivity index (χ0v) is 10.0. The number of nitrogens with zero attached hydrogens (tertiary/aromatic N) is 2. The highest BCUT2D eigenvalue weighted by atomic mass is 16.5. The minimum Gasteiger partial charge on any atom is -0.385 e. The highest BCUT2D eigenvalue weighted by molar-refractivity contribution is 5.13. The van der Waals surface area contributed by atoms with Gasteiger partial charge in [-0.1, -0.05) is 0 Å². The lowest BCUT2D eigenvalue weighted by Crippen LogP contribution is -2.39. The van der Waals surface area contributed by atoms with E-state index < -0.39 is 11.7 Å². The van der Waals surface area contributed by atoms with E-state index in [0.717, 1.165) is 38.0 Å². The van der Waals surface area contributed by atoms with E-state index in [1.54, 1.807) is 6.20 Å². The highest BCUT2D eigenvalue weighted by Crippen LogP contribution is 2.36. The van der Waals surface area contributed by atoms with Gasteiger partial charge in [-0.3, -0.25) is 4.68 Å². The molecule has 1 aliphatic heterocycles. The summed E-state index contributed by atoms with van der Waals surface area (Å²) in [7, 11) is 0. The number of hydrogen-bond donors (Lipinski definition) is 1. The molecule has 1 saturated heterocycles. The molecule has 0 saturated carbocycles. The number of ether oxygens (including phenoxy) is 1. The Morgan fingerprint density at radius 3 is 3.00 bits per heavy atom. The van der Waals surface area contributed by atoms with Gasteiger partial charge in [0.05, 0.1) is 11.8 Å². The zero-order chi connectivity index (χ0) is 11.6. The summed E-state index contributed by atoms with van der Waals surface area (Å²) in [5, 5.41) is 14.5. The van der Waals surface area contributed by atoms with Gasteiger partial charge in [-0.05, 0) is 33.1 Å². The maximum atomic E-state index is 10.3. The van der Waals surface area contributed by atoms with Crippen LogP contribution in [-0.2, 0) is 11.3 Å². The molecule has 1 aliphatic rings. The molecule has 2 unspecified atom stereocenters. The van der Waals surface area contributed by atoms with Crippen molar-refractivity contribution in [3.05, 3.63) is 18.0 Å². The molecule has 4 nitrogen and oxygen atoms in total. The lowest BCUT2D eigenvalue weighted by molar-refractivity contribution is -0.138. The number of hydrogen-bond acceptors (Lipinski definition) is 3. The van der Waals surface area contributed by atoms with Crippen molar-refractivity contribution in [2.75, 3.05) is 6.61 Å². The molecule has 16 heavy (non-hydrogen) atoms. The van der Waals surface area contributed by atoms with Crippen LogP contribution in [0.15, 0.2) is 12.4 Å². The molecule has 0 bridgehead atoms. The molecular weight excluding hydrogens is 204 g/mol. The number of aryl methyl sites for hydroxylation is 1. The zero-order valence-electron chi connectivity index (χ0n) is 10.0. The third-order valence-electron chi connectivity index (χ3n) is 3.37. The first-order valence-corrected chi connectivity index (χ1v) is 6.00. The van der Waals surface area contributed by atoms with Gasteiger partial charge in [-0.25, -0.2) is 0 Å². The van der Waals surface area contributed by atoms with Crippen LogP contribution >= 0.6 is 0 Å². The fourth-order valence-corrected chi connectivity index (χ4v) is 2.22. The molecule has 1 aromatic rings.